The number of nitrogens with one attached hydrogen (secondary N) is 1. The standard InChI is InChI=1S/C17H28N2O/c1-3-16(19-12-6-7-13-19)14-18-11-10-15-8-4-5-9-17(15)20-2/h4-5,8-9,16,18H,3,6-7,10-14H2,1-2H3. The molecule has 1 heterocycles. The number of methoxy groups -OCH3 is 1. The smallest absolute Gasteiger partial charge is 0.122 e. The summed E-state index contributed by atoms with van der Waals surface area (Å²) in [5.41, 5.74) is 1.29. The van der Waals surface area contributed by atoms with Gasteiger partial charge in [-0.3, -0.25) is 4.90 Å². The molecule has 1 unspecified atom stereocenters. The van der Waals surface area contributed by atoms with Crippen LogP contribution in [0.3, 0.4) is 0 Å². The fraction of sp³-hybridized carbons (Fsp3) is 0.647. The van der Waals surface area contributed by atoms with E-state index in [1.807, 2.05) is 12.1 Å². The maximum absolute atomic E-state index is 5.39. The van der Waals surface area contributed by atoms with Crippen LogP contribution in [-0.2, 0) is 6.42 Å². The van der Waals surface area contributed by atoms with E-state index in [9.17, 15) is 0 Å². The minimum Gasteiger partial charge on any atom is -0.496 e. The number of ether oxygens (including phenoxy) is 1. The molecule has 1 aromatic rings. The summed E-state index contributed by atoms with van der Waals surface area (Å²) in [5, 5.41) is 3.62. The second-order valence-corrected chi connectivity index (χ2v) is 5.57. The molecule has 3 nitrogen and oxygen atoms in total. The Morgan fingerprint density at radius 1 is 1.25 bits per heavy atom. The lowest BCUT2D eigenvalue weighted by atomic mass is 10.1. The average Bonchev–Trinajstić information content (AvgIpc) is 3.02. The van der Waals surface area contributed by atoms with Crippen LogP contribution in [0.2, 0.25) is 0 Å². The summed E-state index contributed by atoms with van der Waals surface area (Å²) < 4.78 is 5.39. The molecule has 112 valence electrons. The average molecular weight is 276 g/mol. The number of likely N-dealkylation sites (tertiary alicyclic amines) is 1. The molecule has 1 atom stereocenters. The third-order valence-electron chi connectivity index (χ3n) is 4.27. The summed E-state index contributed by atoms with van der Waals surface area (Å²) in [5.74, 6) is 1.00. The summed E-state index contributed by atoms with van der Waals surface area (Å²) in [6, 6.07) is 9.00. The Morgan fingerprint density at radius 2 is 2.00 bits per heavy atom. The van der Waals surface area contributed by atoms with Crippen molar-refractivity contribution < 1.29 is 4.74 Å². The second-order valence-electron chi connectivity index (χ2n) is 5.57. The molecular weight excluding hydrogens is 248 g/mol. The van der Waals surface area contributed by atoms with Crippen molar-refractivity contribution in [3.63, 3.8) is 0 Å². The van der Waals surface area contributed by atoms with Gasteiger partial charge < -0.3 is 10.1 Å². The number of hydrogen-bond acceptors (Lipinski definition) is 3. The van der Waals surface area contributed by atoms with Gasteiger partial charge in [-0.25, -0.2) is 0 Å². The Labute approximate surface area is 123 Å². The largest absolute Gasteiger partial charge is 0.496 e. The van der Waals surface area contributed by atoms with Crippen LogP contribution in [0.15, 0.2) is 24.3 Å². The molecule has 1 aliphatic heterocycles. The number of para-hydroxylation sites is 1. The van der Waals surface area contributed by atoms with Crippen molar-refractivity contribution in [3.05, 3.63) is 29.8 Å². The van der Waals surface area contributed by atoms with Crippen molar-refractivity contribution in [2.24, 2.45) is 0 Å². The van der Waals surface area contributed by atoms with Crippen molar-refractivity contribution in [3.8, 4) is 5.75 Å². The van der Waals surface area contributed by atoms with Crippen LogP contribution < -0.4 is 10.1 Å². The normalized spacial score (nSPS) is 17.3. The number of nitrogens with zero attached hydrogens (tertiary/aromatic N) is 1. The van der Waals surface area contributed by atoms with Crippen LogP contribution in [-0.4, -0.2) is 44.2 Å². The van der Waals surface area contributed by atoms with Crippen molar-refractivity contribution >= 4 is 0 Å². The molecule has 1 fully saturated rings. The van der Waals surface area contributed by atoms with Gasteiger partial charge in [-0.1, -0.05) is 25.1 Å². The Hall–Kier alpha value is -1.06. The van der Waals surface area contributed by atoms with Crippen LogP contribution in [0.25, 0.3) is 0 Å². The van der Waals surface area contributed by atoms with Gasteiger partial charge in [-0.2, -0.15) is 0 Å². The third kappa shape index (κ3) is 4.22. The van der Waals surface area contributed by atoms with Gasteiger partial charge in [0, 0.05) is 12.6 Å². The predicted octanol–water partition coefficient (Wildman–Crippen LogP) is 2.70. The highest BCUT2D eigenvalue weighted by Gasteiger charge is 2.19. The molecule has 1 aliphatic rings. The zero-order valence-electron chi connectivity index (χ0n) is 12.9. The first kappa shape index (κ1) is 15.3. The molecular formula is C17H28N2O. The lowest BCUT2D eigenvalue weighted by Crippen LogP contribution is -2.40. The Kier molecular flexibility index (Phi) is 6.34. The first-order valence-corrected chi connectivity index (χ1v) is 7.91. The molecule has 2 rings (SSSR count). The minimum absolute atomic E-state index is 0.704. The van der Waals surface area contributed by atoms with E-state index in [1.54, 1.807) is 7.11 Å². The molecule has 1 aromatic carbocycles. The minimum atomic E-state index is 0.704. The van der Waals surface area contributed by atoms with Crippen molar-refractivity contribution in [2.75, 3.05) is 33.3 Å². The Bertz CT molecular complexity index is 388. The summed E-state index contributed by atoms with van der Waals surface area (Å²) in [7, 11) is 1.74. The van der Waals surface area contributed by atoms with Crippen LogP contribution >= 0.6 is 0 Å². The van der Waals surface area contributed by atoms with Crippen LogP contribution in [0.1, 0.15) is 31.7 Å². The molecule has 20 heavy (non-hydrogen) atoms. The van der Waals surface area contributed by atoms with Crippen molar-refractivity contribution in [1.82, 2.24) is 10.2 Å². The molecule has 0 aromatic heterocycles. The quantitative estimate of drug-likeness (QED) is 0.739. The number of rotatable bonds is 8. The molecule has 0 spiro atoms. The van der Waals surface area contributed by atoms with Gasteiger partial charge in [0.15, 0.2) is 0 Å². The lowest BCUT2D eigenvalue weighted by Gasteiger charge is -2.26. The third-order valence-corrected chi connectivity index (χ3v) is 4.27. The zero-order valence-corrected chi connectivity index (χ0v) is 12.9. The van der Waals surface area contributed by atoms with Crippen molar-refractivity contribution in [1.29, 1.82) is 0 Å². The molecule has 0 bridgehead atoms. The molecule has 0 aliphatic carbocycles. The second kappa shape index (κ2) is 8.28. The van der Waals surface area contributed by atoms with E-state index in [1.165, 1.54) is 37.9 Å². The Morgan fingerprint density at radius 3 is 2.70 bits per heavy atom. The summed E-state index contributed by atoms with van der Waals surface area (Å²) in [4.78, 5) is 2.64. The van der Waals surface area contributed by atoms with Gasteiger partial charge in [-0.15, -0.1) is 0 Å². The summed E-state index contributed by atoms with van der Waals surface area (Å²) in [6.45, 7) is 6.99. The summed E-state index contributed by atoms with van der Waals surface area (Å²) in [6.07, 6.45) is 5.01. The van der Waals surface area contributed by atoms with Gasteiger partial charge in [0.2, 0.25) is 0 Å². The maximum atomic E-state index is 5.39. The topological polar surface area (TPSA) is 24.5 Å². The first-order valence-electron chi connectivity index (χ1n) is 7.91. The van der Waals surface area contributed by atoms with E-state index in [2.05, 4.69) is 29.3 Å². The van der Waals surface area contributed by atoms with Crippen LogP contribution in [0.5, 0.6) is 5.75 Å². The van der Waals surface area contributed by atoms with Crippen molar-refractivity contribution in [2.45, 2.75) is 38.6 Å². The monoisotopic (exact) mass is 276 g/mol. The van der Waals surface area contributed by atoms with E-state index in [-0.39, 0.29) is 0 Å². The SMILES string of the molecule is CCC(CNCCc1ccccc1OC)N1CCCC1. The van der Waals surface area contributed by atoms with Gasteiger partial charge >= 0.3 is 0 Å². The van der Waals surface area contributed by atoms with Crippen LogP contribution in [0.4, 0.5) is 0 Å². The molecule has 0 amide bonds. The van der Waals surface area contributed by atoms with Gasteiger partial charge in [0.1, 0.15) is 5.75 Å². The maximum Gasteiger partial charge on any atom is 0.122 e. The summed E-state index contributed by atoms with van der Waals surface area (Å²) >= 11 is 0. The van der Waals surface area contributed by atoms with E-state index < -0.39 is 0 Å². The highest BCUT2D eigenvalue weighted by atomic mass is 16.5. The van der Waals surface area contributed by atoms with E-state index in [0.717, 1.165) is 25.3 Å². The lowest BCUT2D eigenvalue weighted by molar-refractivity contribution is 0.230. The van der Waals surface area contributed by atoms with Crippen LogP contribution in [0, 0.1) is 0 Å². The molecule has 0 saturated carbocycles. The van der Waals surface area contributed by atoms with Gasteiger partial charge in [0.05, 0.1) is 7.11 Å². The first-order chi connectivity index (χ1) is 9.85. The highest BCUT2D eigenvalue weighted by Crippen LogP contribution is 2.17. The zero-order chi connectivity index (χ0) is 14.2. The van der Waals surface area contributed by atoms with Gasteiger partial charge in [-0.05, 0) is 56.9 Å². The predicted molar refractivity (Wildman–Crippen MR) is 84.5 cm³/mol. The molecule has 0 radical (unpaired) electrons. The highest BCUT2D eigenvalue weighted by molar-refractivity contribution is 5.33. The number of hydrogen-bond donors (Lipinski definition) is 1. The molecule has 1 saturated heterocycles. The molecule has 3 heteroatoms. The van der Waals surface area contributed by atoms with E-state index >= 15 is 0 Å². The number of benzene rings is 1. The fourth-order valence-electron chi connectivity index (χ4n) is 3.04. The van der Waals surface area contributed by atoms with E-state index in [4.69, 9.17) is 4.74 Å². The van der Waals surface area contributed by atoms with Gasteiger partial charge in [0.25, 0.3) is 0 Å². The Balaban J connectivity index is 1.72. The molecule has 1 N–H and O–H groups in total. The fourth-order valence-corrected chi connectivity index (χ4v) is 3.04. The van der Waals surface area contributed by atoms with E-state index in [0.29, 0.717) is 6.04 Å².